The summed E-state index contributed by atoms with van der Waals surface area (Å²) in [7, 11) is 0. The van der Waals surface area contributed by atoms with E-state index in [2.05, 4.69) is 39.5 Å². The molecule has 0 spiro atoms. The summed E-state index contributed by atoms with van der Waals surface area (Å²) in [6.45, 7) is 2.51. The van der Waals surface area contributed by atoms with Crippen molar-refractivity contribution in [2.24, 2.45) is 0 Å². The van der Waals surface area contributed by atoms with Crippen molar-refractivity contribution in [3.8, 4) is 0 Å². The number of carbonyl (C=O) groups excluding carboxylic acids is 1. The fraction of sp³-hybridized carbons (Fsp3) is 0.250. The molecule has 2 heterocycles. The number of pyridine rings is 1. The average molecular weight is 267 g/mol. The van der Waals surface area contributed by atoms with Crippen LogP contribution in [-0.2, 0) is 6.42 Å². The van der Waals surface area contributed by atoms with Crippen molar-refractivity contribution in [1.29, 1.82) is 0 Å². The first-order valence-corrected chi connectivity index (χ1v) is 6.86. The van der Waals surface area contributed by atoms with Crippen LogP contribution in [0.5, 0.6) is 0 Å². The second-order valence-electron chi connectivity index (χ2n) is 4.86. The molecule has 0 unspecified atom stereocenters. The molecule has 102 valence electrons. The molecular formula is C16H17N3O. The molecule has 0 bridgehead atoms. The third kappa shape index (κ3) is 2.64. The number of nitrogens with zero attached hydrogens (tertiary/aromatic N) is 2. The molecule has 1 N–H and O–H groups in total. The maximum atomic E-state index is 11.9. The predicted molar refractivity (Wildman–Crippen MR) is 78.9 cm³/mol. The summed E-state index contributed by atoms with van der Waals surface area (Å²) in [6, 6.07) is 12.0. The topological polar surface area (TPSA) is 45.2 Å². The number of carbonyl (C=O) groups is 1. The average Bonchev–Trinajstić information content (AvgIpc) is 2.92. The van der Waals surface area contributed by atoms with Crippen molar-refractivity contribution in [3.05, 3.63) is 59.9 Å². The maximum Gasteiger partial charge on any atom is 0.252 e. The molecule has 1 aromatic carbocycles. The molecule has 0 fully saturated rings. The highest BCUT2D eigenvalue weighted by atomic mass is 16.1. The van der Waals surface area contributed by atoms with Gasteiger partial charge in [0.2, 0.25) is 0 Å². The highest BCUT2D eigenvalue weighted by Crippen LogP contribution is 2.26. The highest BCUT2D eigenvalue weighted by Gasteiger charge is 2.17. The van der Waals surface area contributed by atoms with Crippen LogP contribution < -0.4 is 10.2 Å². The number of anilines is 1. The summed E-state index contributed by atoms with van der Waals surface area (Å²) in [5.41, 5.74) is 3.29. The zero-order chi connectivity index (χ0) is 13.8. The summed E-state index contributed by atoms with van der Waals surface area (Å²) < 4.78 is 0. The number of fused-ring (bicyclic) bond motifs is 1. The second kappa shape index (κ2) is 5.74. The SMILES string of the molecule is O=C(NCCN1CCc2ccccc21)c1cccnc1. The number of aromatic nitrogens is 1. The molecule has 0 saturated carbocycles. The molecule has 1 amide bonds. The lowest BCUT2D eigenvalue weighted by molar-refractivity contribution is 0.0954. The Kier molecular flexibility index (Phi) is 3.63. The predicted octanol–water partition coefficient (Wildman–Crippen LogP) is 1.87. The Labute approximate surface area is 118 Å². The van der Waals surface area contributed by atoms with Crippen molar-refractivity contribution >= 4 is 11.6 Å². The lowest BCUT2D eigenvalue weighted by Crippen LogP contribution is -2.34. The number of amides is 1. The zero-order valence-corrected chi connectivity index (χ0v) is 11.2. The number of hydrogen-bond acceptors (Lipinski definition) is 3. The summed E-state index contributed by atoms with van der Waals surface area (Å²) in [5.74, 6) is -0.0643. The fourth-order valence-electron chi connectivity index (χ4n) is 2.54. The molecule has 4 heteroatoms. The third-order valence-electron chi connectivity index (χ3n) is 3.57. The smallest absolute Gasteiger partial charge is 0.252 e. The van der Waals surface area contributed by atoms with Gasteiger partial charge in [-0.15, -0.1) is 0 Å². The van der Waals surface area contributed by atoms with Crippen molar-refractivity contribution in [2.75, 3.05) is 24.5 Å². The minimum atomic E-state index is -0.0643. The lowest BCUT2D eigenvalue weighted by atomic mass is 10.2. The van der Waals surface area contributed by atoms with Gasteiger partial charge in [0, 0.05) is 37.7 Å². The Morgan fingerprint density at radius 3 is 3.00 bits per heavy atom. The number of rotatable bonds is 4. The van der Waals surface area contributed by atoms with Crippen LogP contribution in [0.25, 0.3) is 0 Å². The minimum Gasteiger partial charge on any atom is -0.369 e. The second-order valence-corrected chi connectivity index (χ2v) is 4.86. The van der Waals surface area contributed by atoms with Crippen LogP contribution in [0, 0.1) is 0 Å². The zero-order valence-electron chi connectivity index (χ0n) is 11.2. The Morgan fingerprint density at radius 2 is 2.15 bits per heavy atom. The third-order valence-corrected chi connectivity index (χ3v) is 3.57. The van der Waals surface area contributed by atoms with Crippen molar-refractivity contribution < 1.29 is 4.79 Å². The molecule has 0 atom stereocenters. The van der Waals surface area contributed by atoms with Gasteiger partial charge in [-0.25, -0.2) is 0 Å². The van der Waals surface area contributed by atoms with Gasteiger partial charge in [0.1, 0.15) is 0 Å². The van der Waals surface area contributed by atoms with E-state index in [1.54, 1.807) is 24.5 Å². The van der Waals surface area contributed by atoms with Gasteiger partial charge in [-0.05, 0) is 30.2 Å². The maximum absolute atomic E-state index is 11.9. The Hall–Kier alpha value is -2.36. The van der Waals surface area contributed by atoms with Crippen molar-refractivity contribution in [3.63, 3.8) is 0 Å². The minimum absolute atomic E-state index is 0.0643. The molecule has 3 rings (SSSR count). The van der Waals surface area contributed by atoms with Gasteiger partial charge in [0.25, 0.3) is 5.91 Å². The first-order chi connectivity index (χ1) is 9.84. The number of benzene rings is 1. The van der Waals surface area contributed by atoms with E-state index in [9.17, 15) is 4.79 Å². The molecule has 0 aliphatic carbocycles. The number of para-hydroxylation sites is 1. The number of hydrogen-bond donors (Lipinski definition) is 1. The van der Waals surface area contributed by atoms with Gasteiger partial charge in [0.05, 0.1) is 5.56 Å². The van der Waals surface area contributed by atoms with Crippen LogP contribution in [0.4, 0.5) is 5.69 Å². The van der Waals surface area contributed by atoms with Crippen LogP contribution in [0.3, 0.4) is 0 Å². The first kappa shape index (κ1) is 12.7. The van der Waals surface area contributed by atoms with Gasteiger partial charge in [0.15, 0.2) is 0 Å². The lowest BCUT2D eigenvalue weighted by Gasteiger charge is -2.19. The van der Waals surface area contributed by atoms with Gasteiger partial charge in [-0.1, -0.05) is 18.2 Å². The molecule has 1 aromatic heterocycles. The van der Waals surface area contributed by atoms with Gasteiger partial charge >= 0.3 is 0 Å². The van der Waals surface area contributed by atoms with Crippen LogP contribution in [-0.4, -0.2) is 30.5 Å². The van der Waals surface area contributed by atoms with E-state index >= 15 is 0 Å². The number of nitrogens with one attached hydrogen (secondary N) is 1. The molecule has 0 saturated heterocycles. The fourth-order valence-corrected chi connectivity index (χ4v) is 2.54. The van der Waals surface area contributed by atoms with E-state index in [4.69, 9.17) is 0 Å². The van der Waals surface area contributed by atoms with Gasteiger partial charge in [-0.3, -0.25) is 9.78 Å². The van der Waals surface area contributed by atoms with E-state index in [1.165, 1.54) is 11.3 Å². The summed E-state index contributed by atoms with van der Waals surface area (Å²) in [6.07, 6.45) is 4.34. The molecule has 1 aliphatic rings. The Balaban J connectivity index is 1.53. The van der Waals surface area contributed by atoms with Crippen molar-refractivity contribution in [1.82, 2.24) is 10.3 Å². The van der Waals surface area contributed by atoms with E-state index in [1.807, 2.05) is 0 Å². The van der Waals surface area contributed by atoms with E-state index in [0.717, 1.165) is 19.5 Å². The molecule has 2 aromatic rings. The first-order valence-electron chi connectivity index (χ1n) is 6.86. The standard InChI is InChI=1S/C16H17N3O/c20-16(14-5-3-8-17-12-14)18-9-11-19-10-7-13-4-1-2-6-15(13)19/h1-6,8,12H,7,9-11H2,(H,18,20). The van der Waals surface area contributed by atoms with Crippen LogP contribution >= 0.6 is 0 Å². The molecule has 0 radical (unpaired) electrons. The Bertz CT molecular complexity index is 598. The van der Waals surface area contributed by atoms with Crippen LogP contribution in [0.1, 0.15) is 15.9 Å². The Morgan fingerprint density at radius 1 is 1.25 bits per heavy atom. The highest BCUT2D eigenvalue weighted by molar-refractivity contribution is 5.93. The molecule has 1 aliphatic heterocycles. The van der Waals surface area contributed by atoms with Gasteiger partial charge in [-0.2, -0.15) is 0 Å². The molecular weight excluding hydrogens is 250 g/mol. The summed E-state index contributed by atoms with van der Waals surface area (Å²) in [4.78, 5) is 18.2. The van der Waals surface area contributed by atoms with Crippen LogP contribution in [0.2, 0.25) is 0 Å². The van der Waals surface area contributed by atoms with Crippen LogP contribution in [0.15, 0.2) is 48.8 Å². The monoisotopic (exact) mass is 267 g/mol. The van der Waals surface area contributed by atoms with E-state index in [0.29, 0.717) is 12.1 Å². The van der Waals surface area contributed by atoms with E-state index < -0.39 is 0 Å². The van der Waals surface area contributed by atoms with Crippen molar-refractivity contribution in [2.45, 2.75) is 6.42 Å². The summed E-state index contributed by atoms with van der Waals surface area (Å²) >= 11 is 0. The quantitative estimate of drug-likeness (QED) is 0.920. The van der Waals surface area contributed by atoms with E-state index in [-0.39, 0.29) is 5.91 Å². The molecule has 20 heavy (non-hydrogen) atoms. The van der Waals surface area contributed by atoms with Gasteiger partial charge < -0.3 is 10.2 Å². The summed E-state index contributed by atoms with van der Waals surface area (Å²) in [5, 5.41) is 2.94. The molecule has 4 nitrogen and oxygen atoms in total. The largest absolute Gasteiger partial charge is 0.369 e. The normalized spacial score (nSPS) is 13.1.